The SMILES string of the molecule is CCOC1=CC2=CC[C@@H]3C(=CC[C@@]4(C)[C@H]3C[C@H]3OC(C)(C)O[C@]34C(C)=O)[C@@]2(C)CC1. The molecule has 0 N–H and O–H groups in total. The van der Waals surface area contributed by atoms with Gasteiger partial charge in [0.2, 0.25) is 0 Å². The highest BCUT2D eigenvalue weighted by atomic mass is 16.8. The zero-order chi connectivity index (χ0) is 21.5. The Balaban J connectivity index is 1.55. The molecule has 0 bridgehead atoms. The van der Waals surface area contributed by atoms with Gasteiger partial charge in [-0.1, -0.05) is 31.6 Å². The molecule has 2 fully saturated rings. The molecule has 0 aromatic rings. The molecular weight excluding hydrogens is 376 g/mol. The lowest BCUT2D eigenvalue weighted by Gasteiger charge is -2.54. The van der Waals surface area contributed by atoms with Gasteiger partial charge in [-0.25, -0.2) is 0 Å². The van der Waals surface area contributed by atoms with Crippen molar-refractivity contribution in [1.82, 2.24) is 0 Å². The number of hydrogen-bond donors (Lipinski definition) is 0. The van der Waals surface area contributed by atoms with E-state index in [-0.39, 0.29) is 22.7 Å². The quantitative estimate of drug-likeness (QED) is 0.575. The summed E-state index contributed by atoms with van der Waals surface area (Å²) in [6, 6.07) is 0. The van der Waals surface area contributed by atoms with Crippen LogP contribution in [-0.2, 0) is 19.0 Å². The first kappa shape index (κ1) is 20.5. The zero-order valence-corrected chi connectivity index (χ0v) is 19.3. The van der Waals surface area contributed by atoms with Gasteiger partial charge >= 0.3 is 0 Å². The Morgan fingerprint density at radius 3 is 2.70 bits per heavy atom. The summed E-state index contributed by atoms with van der Waals surface area (Å²) in [5, 5.41) is 0. The Morgan fingerprint density at radius 2 is 2.00 bits per heavy atom. The van der Waals surface area contributed by atoms with Crippen LogP contribution in [0.3, 0.4) is 0 Å². The highest BCUT2D eigenvalue weighted by molar-refractivity contribution is 5.88. The Morgan fingerprint density at radius 1 is 1.23 bits per heavy atom. The predicted molar refractivity (Wildman–Crippen MR) is 116 cm³/mol. The van der Waals surface area contributed by atoms with Crippen molar-refractivity contribution in [3.63, 3.8) is 0 Å². The molecule has 0 aromatic heterocycles. The van der Waals surface area contributed by atoms with Crippen LogP contribution in [0.25, 0.3) is 0 Å². The van der Waals surface area contributed by atoms with Crippen molar-refractivity contribution in [1.29, 1.82) is 0 Å². The fourth-order valence-corrected chi connectivity index (χ4v) is 7.67. The van der Waals surface area contributed by atoms with E-state index in [2.05, 4.69) is 39.0 Å². The summed E-state index contributed by atoms with van der Waals surface area (Å²) in [4.78, 5) is 13.1. The normalized spacial score (nSPS) is 45.9. The molecule has 0 aromatic carbocycles. The van der Waals surface area contributed by atoms with E-state index < -0.39 is 11.4 Å². The van der Waals surface area contributed by atoms with Crippen LogP contribution >= 0.6 is 0 Å². The molecule has 1 saturated heterocycles. The van der Waals surface area contributed by atoms with Crippen LogP contribution in [0.2, 0.25) is 0 Å². The Kier molecular flexibility index (Phi) is 4.32. The number of carbonyl (C=O) groups excluding carboxylic acids is 1. The maximum Gasteiger partial charge on any atom is 0.164 e. The molecule has 4 aliphatic carbocycles. The van der Waals surface area contributed by atoms with Crippen molar-refractivity contribution in [3.8, 4) is 0 Å². The van der Waals surface area contributed by atoms with Gasteiger partial charge in [0.05, 0.1) is 18.5 Å². The minimum Gasteiger partial charge on any atom is -0.498 e. The van der Waals surface area contributed by atoms with Crippen LogP contribution in [0.4, 0.5) is 0 Å². The third-order valence-electron chi connectivity index (χ3n) is 8.96. The first-order chi connectivity index (χ1) is 14.1. The zero-order valence-electron chi connectivity index (χ0n) is 19.3. The van der Waals surface area contributed by atoms with Gasteiger partial charge in [-0.3, -0.25) is 4.79 Å². The molecule has 164 valence electrons. The smallest absolute Gasteiger partial charge is 0.164 e. The predicted octanol–water partition coefficient (Wildman–Crippen LogP) is 5.49. The Hall–Kier alpha value is -1.39. The fourth-order valence-electron chi connectivity index (χ4n) is 7.67. The number of ketones is 1. The molecule has 1 heterocycles. The van der Waals surface area contributed by atoms with E-state index >= 15 is 0 Å². The molecule has 4 heteroatoms. The maximum atomic E-state index is 13.1. The van der Waals surface area contributed by atoms with Crippen LogP contribution in [0.1, 0.15) is 73.6 Å². The number of carbonyl (C=O) groups is 1. The topological polar surface area (TPSA) is 44.8 Å². The van der Waals surface area contributed by atoms with Crippen LogP contribution in [0, 0.1) is 22.7 Å². The number of rotatable bonds is 3. The number of Topliss-reactive ketones (excluding diaryl/α,β-unsaturated/α-hetero) is 1. The average molecular weight is 413 g/mol. The summed E-state index contributed by atoms with van der Waals surface area (Å²) in [7, 11) is 0. The van der Waals surface area contributed by atoms with Gasteiger partial charge < -0.3 is 14.2 Å². The van der Waals surface area contributed by atoms with E-state index in [1.54, 1.807) is 12.5 Å². The molecule has 0 radical (unpaired) electrons. The third kappa shape index (κ3) is 2.44. The highest BCUT2D eigenvalue weighted by Gasteiger charge is 2.74. The Labute approximate surface area is 180 Å². The summed E-state index contributed by atoms with van der Waals surface area (Å²) in [5.74, 6) is 1.39. The first-order valence-electron chi connectivity index (χ1n) is 11.7. The molecule has 1 saturated carbocycles. The van der Waals surface area contributed by atoms with E-state index in [0.717, 1.165) is 44.5 Å². The van der Waals surface area contributed by atoms with Crippen molar-refractivity contribution in [3.05, 3.63) is 35.1 Å². The summed E-state index contributed by atoms with van der Waals surface area (Å²) in [6.45, 7) is 13.1. The van der Waals surface area contributed by atoms with Gasteiger partial charge in [0.1, 0.15) is 0 Å². The minimum absolute atomic E-state index is 0.0763. The molecule has 0 amide bonds. The first-order valence-corrected chi connectivity index (χ1v) is 11.7. The molecule has 1 aliphatic heterocycles. The van der Waals surface area contributed by atoms with Gasteiger partial charge in [0, 0.05) is 17.3 Å². The fraction of sp³-hybridized carbons (Fsp3) is 0.731. The molecule has 4 nitrogen and oxygen atoms in total. The number of hydrogen-bond acceptors (Lipinski definition) is 4. The third-order valence-corrected chi connectivity index (χ3v) is 8.96. The van der Waals surface area contributed by atoms with Gasteiger partial charge in [0.25, 0.3) is 0 Å². The monoisotopic (exact) mass is 412 g/mol. The van der Waals surface area contributed by atoms with Crippen molar-refractivity contribution >= 4 is 5.78 Å². The molecule has 5 aliphatic rings. The second-order valence-electron chi connectivity index (χ2n) is 10.9. The van der Waals surface area contributed by atoms with Crippen LogP contribution < -0.4 is 0 Å². The van der Waals surface area contributed by atoms with Crippen molar-refractivity contribution < 1.29 is 19.0 Å². The van der Waals surface area contributed by atoms with Gasteiger partial charge in [-0.15, -0.1) is 0 Å². The largest absolute Gasteiger partial charge is 0.498 e. The van der Waals surface area contributed by atoms with Gasteiger partial charge in [0.15, 0.2) is 17.2 Å². The molecule has 0 unspecified atom stereocenters. The van der Waals surface area contributed by atoms with E-state index in [1.165, 1.54) is 5.57 Å². The van der Waals surface area contributed by atoms with Crippen molar-refractivity contribution in [2.24, 2.45) is 22.7 Å². The number of fused-ring (bicyclic) bond motifs is 7. The van der Waals surface area contributed by atoms with Crippen molar-refractivity contribution in [2.75, 3.05) is 6.61 Å². The van der Waals surface area contributed by atoms with Gasteiger partial charge in [-0.2, -0.15) is 0 Å². The lowest BCUT2D eigenvalue weighted by atomic mass is 9.51. The van der Waals surface area contributed by atoms with E-state index in [0.29, 0.717) is 11.8 Å². The second-order valence-corrected chi connectivity index (χ2v) is 10.9. The molecule has 30 heavy (non-hydrogen) atoms. The molecule has 0 spiro atoms. The lowest BCUT2D eigenvalue weighted by molar-refractivity contribution is -0.203. The number of allylic oxidation sites excluding steroid dienone is 6. The second kappa shape index (κ2) is 6.32. The van der Waals surface area contributed by atoms with Crippen LogP contribution in [-0.4, -0.2) is 29.9 Å². The van der Waals surface area contributed by atoms with E-state index in [9.17, 15) is 4.79 Å². The Bertz CT molecular complexity index is 879. The van der Waals surface area contributed by atoms with E-state index in [4.69, 9.17) is 14.2 Å². The minimum atomic E-state index is -0.831. The van der Waals surface area contributed by atoms with Crippen LogP contribution in [0.15, 0.2) is 35.1 Å². The number of ether oxygens (including phenoxy) is 3. The summed E-state index contributed by atoms with van der Waals surface area (Å²) >= 11 is 0. The summed E-state index contributed by atoms with van der Waals surface area (Å²) in [6.07, 6.45) is 11.9. The molecule has 5 rings (SSSR count). The molecular formula is C26H36O4. The maximum absolute atomic E-state index is 13.1. The standard InChI is InChI=1S/C26H36O4/c1-7-28-18-10-12-24(5)17(14-18)8-9-19-20(24)11-13-25(6)21(19)15-22-26(25,16(2)27)30-23(3,4)29-22/h8,11,14,19,21-22H,7,9-10,12-13,15H2,1-6H3/t19-,21+,22-,24+,25+,26-/m1/s1. The van der Waals surface area contributed by atoms with E-state index in [1.807, 2.05) is 13.8 Å². The summed E-state index contributed by atoms with van der Waals surface area (Å²) in [5.41, 5.74) is 2.01. The summed E-state index contributed by atoms with van der Waals surface area (Å²) < 4.78 is 18.7. The molecule has 6 atom stereocenters. The van der Waals surface area contributed by atoms with Crippen LogP contribution in [0.5, 0.6) is 0 Å². The lowest BCUT2D eigenvalue weighted by Crippen LogP contribution is -2.57. The van der Waals surface area contributed by atoms with Crippen molar-refractivity contribution in [2.45, 2.75) is 91.1 Å². The van der Waals surface area contributed by atoms with Gasteiger partial charge in [-0.05, 0) is 76.9 Å². The highest BCUT2D eigenvalue weighted by Crippen LogP contribution is 2.68. The average Bonchev–Trinajstić information content (AvgIpc) is 3.08.